The van der Waals surface area contributed by atoms with Gasteiger partial charge >= 0.3 is 0 Å². The first-order valence-corrected chi connectivity index (χ1v) is 9.43. The molecule has 146 valence electrons. The van der Waals surface area contributed by atoms with E-state index in [1.54, 1.807) is 18.4 Å². The van der Waals surface area contributed by atoms with E-state index >= 15 is 0 Å². The highest BCUT2D eigenvalue weighted by Crippen LogP contribution is 2.24. The number of hydrogen-bond donors (Lipinski definition) is 2. The van der Waals surface area contributed by atoms with Gasteiger partial charge in [-0.1, -0.05) is 50.2 Å². The van der Waals surface area contributed by atoms with Gasteiger partial charge < -0.3 is 14.8 Å². The molecule has 0 saturated carbocycles. The number of benzene rings is 2. The summed E-state index contributed by atoms with van der Waals surface area (Å²) in [4.78, 5) is 14.7. The fourth-order valence-electron chi connectivity index (χ4n) is 3.18. The molecule has 28 heavy (non-hydrogen) atoms. The molecule has 0 radical (unpaired) electrons. The Balaban J connectivity index is 1.73. The van der Waals surface area contributed by atoms with Crippen LogP contribution in [0.25, 0.3) is 0 Å². The fourth-order valence-corrected chi connectivity index (χ4v) is 3.18. The maximum Gasteiger partial charge on any atom is 0.238 e. The Morgan fingerprint density at radius 2 is 1.79 bits per heavy atom. The normalized spacial score (nSPS) is 11.1. The van der Waals surface area contributed by atoms with Crippen LogP contribution >= 0.6 is 0 Å². The van der Waals surface area contributed by atoms with Crippen LogP contribution in [-0.2, 0) is 17.9 Å². The van der Waals surface area contributed by atoms with E-state index < -0.39 is 0 Å². The minimum absolute atomic E-state index is 0.102. The molecule has 2 N–H and O–H groups in total. The van der Waals surface area contributed by atoms with Crippen molar-refractivity contribution in [2.75, 3.05) is 11.9 Å². The molecule has 0 aliphatic heterocycles. The summed E-state index contributed by atoms with van der Waals surface area (Å²) in [5.41, 5.74) is 2.71. The molecule has 3 aromatic rings. The quantitative estimate of drug-likeness (QED) is 0.594. The maximum absolute atomic E-state index is 12.8. The molecule has 1 aromatic heterocycles. The van der Waals surface area contributed by atoms with Gasteiger partial charge in [-0.15, -0.1) is 0 Å². The number of para-hydroxylation sites is 2. The first kappa shape index (κ1) is 19.7. The molecule has 0 unspecified atom stereocenters. The highest BCUT2D eigenvalue weighted by atomic mass is 16.3. The summed E-state index contributed by atoms with van der Waals surface area (Å²) in [6.07, 6.45) is 1.62. The Morgan fingerprint density at radius 1 is 1.04 bits per heavy atom. The van der Waals surface area contributed by atoms with Gasteiger partial charge in [0.1, 0.15) is 11.5 Å². The van der Waals surface area contributed by atoms with Crippen molar-refractivity contribution in [3.63, 3.8) is 0 Å². The second-order valence-corrected chi connectivity index (χ2v) is 7.14. The lowest BCUT2D eigenvalue weighted by Crippen LogP contribution is -2.32. The average molecular weight is 378 g/mol. The van der Waals surface area contributed by atoms with Gasteiger partial charge in [-0.25, -0.2) is 0 Å². The zero-order valence-electron chi connectivity index (χ0n) is 16.3. The average Bonchev–Trinajstić information content (AvgIpc) is 3.16. The molecule has 3 rings (SSSR count). The number of anilines is 1. The van der Waals surface area contributed by atoms with Gasteiger partial charge in [0.2, 0.25) is 5.91 Å². The van der Waals surface area contributed by atoms with E-state index in [1.807, 2.05) is 53.4 Å². The predicted molar refractivity (Wildman–Crippen MR) is 110 cm³/mol. The van der Waals surface area contributed by atoms with Gasteiger partial charge in [0.15, 0.2) is 0 Å². The number of rotatable bonds is 8. The summed E-state index contributed by atoms with van der Waals surface area (Å²) in [7, 11) is 0. The SMILES string of the molecule is CC(C)c1ccccc1NC(=O)CN(Cc1ccco1)Cc1ccccc1O. The molecule has 0 saturated heterocycles. The van der Waals surface area contributed by atoms with Crippen LogP contribution in [0.2, 0.25) is 0 Å². The summed E-state index contributed by atoms with van der Waals surface area (Å²) in [5.74, 6) is 1.20. The molecule has 2 aromatic carbocycles. The van der Waals surface area contributed by atoms with Crippen LogP contribution in [0.3, 0.4) is 0 Å². The van der Waals surface area contributed by atoms with E-state index in [0.717, 1.165) is 22.6 Å². The van der Waals surface area contributed by atoms with E-state index in [2.05, 4.69) is 19.2 Å². The monoisotopic (exact) mass is 378 g/mol. The molecular weight excluding hydrogens is 352 g/mol. The van der Waals surface area contributed by atoms with Crippen molar-refractivity contribution < 1.29 is 14.3 Å². The van der Waals surface area contributed by atoms with Crippen LogP contribution in [0, 0.1) is 0 Å². The third-order valence-electron chi connectivity index (χ3n) is 4.57. The number of hydrogen-bond acceptors (Lipinski definition) is 4. The number of carbonyl (C=O) groups excluding carboxylic acids is 1. The number of aromatic hydroxyl groups is 1. The minimum atomic E-state index is -0.102. The molecule has 0 spiro atoms. The molecule has 0 fully saturated rings. The maximum atomic E-state index is 12.8. The summed E-state index contributed by atoms with van der Waals surface area (Å²) < 4.78 is 5.45. The Labute approximate surface area is 165 Å². The highest BCUT2D eigenvalue weighted by Gasteiger charge is 2.16. The third kappa shape index (κ3) is 5.24. The van der Waals surface area contributed by atoms with E-state index in [4.69, 9.17) is 4.42 Å². The minimum Gasteiger partial charge on any atom is -0.508 e. The number of nitrogens with one attached hydrogen (secondary N) is 1. The molecule has 5 nitrogen and oxygen atoms in total. The van der Waals surface area contributed by atoms with Crippen LogP contribution in [-0.4, -0.2) is 22.5 Å². The molecular formula is C23H26N2O3. The predicted octanol–water partition coefficient (Wildman–Crippen LogP) is 4.75. The summed E-state index contributed by atoms with van der Waals surface area (Å²) >= 11 is 0. The van der Waals surface area contributed by atoms with Gasteiger partial charge in [-0.05, 0) is 35.7 Å². The fraction of sp³-hybridized carbons (Fsp3) is 0.261. The zero-order valence-corrected chi connectivity index (χ0v) is 16.3. The van der Waals surface area contributed by atoms with Crippen molar-refractivity contribution in [2.45, 2.75) is 32.9 Å². The van der Waals surface area contributed by atoms with E-state index in [1.165, 1.54) is 0 Å². The summed E-state index contributed by atoms with van der Waals surface area (Å²) in [5, 5.41) is 13.1. The zero-order chi connectivity index (χ0) is 19.9. The second-order valence-electron chi connectivity index (χ2n) is 7.14. The van der Waals surface area contributed by atoms with Gasteiger partial charge in [-0.3, -0.25) is 9.69 Å². The van der Waals surface area contributed by atoms with Gasteiger partial charge in [0, 0.05) is 17.8 Å². The number of carbonyl (C=O) groups is 1. The van der Waals surface area contributed by atoms with Gasteiger partial charge in [-0.2, -0.15) is 0 Å². The Morgan fingerprint density at radius 3 is 2.50 bits per heavy atom. The third-order valence-corrected chi connectivity index (χ3v) is 4.57. The van der Waals surface area contributed by atoms with Crippen LogP contribution in [0.4, 0.5) is 5.69 Å². The first-order chi connectivity index (χ1) is 13.5. The lowest BCUT2D eigenvalue weighted by molar-refractivity contribution is -0.117. The van der Waals surface area contributed by atoms with Crippen LogP contribution < -0.4 is 5.32 Å². The van der Waals surface area contributed by atoms with Crippen molar-refractivity contribution in [3.05, 3.63) is 83.8 Å². The number of nitrogens with zero attached hydrogens (tertiary/aromatic N) is 1. The summed E-state index contributed by atoms with van der Waals surface area (Å²) in [6, 6.07) is 18.7. The van der Waals surface area contributed by atoms with Crippen molar-refractivity contribution in [1.29, 1.82) is 0 Å². The first-order valence-electron chi connectivity index (χ1n) is 9.43. The topological polar surface area (TPSA) is 65.7 Å². The van der Waals surface area contributed by atoms with Gasteiger partial charge in [0.05, 0.1) is 19.4 Å². The smallest absolute Gasteiger partial charge is 0.238 e. The van der Waals surface area contributed by atoms with Crippen molar-refractivity contribution in [2.24, 2.45) is 0 Å². The number of phenols is 1. The van der Waals surface area contributed by atoms with Crippen LogP contribution in [0.5, 0.6) is 5.75 Å². The molecule has 5 heteroatoms. The molecule has 0 atom stereocenters. The van der Waals surface area contributed by atoms with Crippen molar-refractivity contribution in [3.8, 4) is 5.75 Å². The van der Waals surface area contributed by atoms with E-state index in [0.29, 0.717) is 19.0 Å². The Hall–Kier alpha value is -3.05. The molecule has 1 amide bonds. The van der Waals surface area contributed by atoms with Crippen LogP contribution in [0.1, 0.15) is 36.7 Å². The standard InChI is InChI=1S/C23H26N2O3/c1-17(2)20-10-4-5-11-21(20)24-23(27)16-25(15-19-9-7-13-28-19)14-18-8-3-6-12-22(18)26/h3-13,17,26H,14-16H2,1-2H3,(H,24,27). The van der Waals surface area contributed by atoms with Crippen molar-refractivity contribution in [1.82, 2.24) is 4.90 Å². The Bertz CT molecular complexity index is 904. The lowest BCUT2D eigenvalue weighted by atomic mass is 10.0. The highest BCUT2D eigenvalue weighted by molar-refractivity contribution is 5.93. The Kier molecular flexibility index (Phi) is 6.50. The molecule has 1 heterocycles. The van der Waals surface area contributed by atoms with Gasteiger partial charge in [0.25, 0.3) is 0 Å². The number of furan rings is 1. The molecule has 0 aliphatic rings. The van der Waals surface area contributed by atoms with Crippen molar-refractivity contribution >= 4 is 11.6 Å². The molecule has 0 bridgehead atoms. The number of amides is 1. The largest absolute Gasteiger partial charge is 0.508 e. The lowest BCUT2D eigenvalue weighted by Gasteiger charge is -2.22. The second kappa shape index (κ2) is 9.24. The van der Waals surface area contributed by atoms with E-state index in [-0.39, 0.29) is 18.2 Å². The van der Waals surface area contributed by atoms with E-state index in [9.17, 15) is 9.90 Å². The number of phenolic OH excluding ortho intramolecular Hbond substituents is 1. The molecule has 0 aliphatic carbocycles. The summed E-state index contributed by atoms with van der Waals surface area (Å²) in [6.45, 7) is 5.30. The van der Waals surface area contributed by atoms with Crippen LogP contribution in [0.15, 0.2) is 71.3 Å².